The topological polar surface area (TPSA) is 115 Å². The number of ether oxygens (including phenoxy) is 1. The third-order valence-corrected chi connectivity index (χ3v) is 5.30. The minimum Gasteiger partial charge on any atom is -0.452 e. The molecule has 3 rings (SSSR count). The molecule has 0 spiro atoms. The highest BCUT2D eigenvalue weighted by atomic mass is 79.9. The summed E-state index contributed by atoms with van der Waals surface area (Å²) in [5.41, 5.74) is 0.360. The number of esters is 1. The second-order valence-corrected chi connectivity index (χ2v) is 8.16. The van der Waals surface area contributed by atoms with Gasteiger partial charge < -0.3 is 9.64 Å². The number of carbonyl (C=O) groups excluding carboxylic acids is 2. The van der Waals surface area contributed by atoms with Gasteiger partial charge in [-0.15, -0.1) is 0 Å². The molecule has 9 nitrogen and oxygen atoms in total. The van der Waals surface area contributed by atoms with Crippen molar-refractivity contribution in [1.29, 1.82) is 0 Å². The number of nitro benzene ring substituents is 1. The molecule has 1 aliphatic rings. The van der Waals surface area contributed by atoms with Gasteiger partial charge in [-0.2, -0.15) is 0 Å². The van der Waals surface area contributed by atoms with Crippen molar-refractivity contribution in [2.45, 2.75) is 12.8 Å². The van der Waals surface area contributed by atoms with E-state index in [0.29, 0.717) is 10.8 Å². The van der Waals surface area contributed by atoms with Gasteiger partial charge in [-0.25, -0.2) is 9.78 Å². The second kappa shape index (κ2) is 8.44. The summed E-state index contributed by atoms with van der Waals surface area (Å²) >= 11 is 4.44. The van der Waals surface area contributed by atoms with Gasteiger partial charge >= 0.3 is 5.97 Å². The molecular formula is C16H15BrN4O5S. The molecule has 1 aromatic heterocycles. The zero-order chi connectivity index (χ0) is 19.4. The quantitative estimate of drug-likeness (QED) is 0.404. The van der Waals surface area contributed by atoms with Crippen molar-refractivity contribution in [1.82, 2.24) is 4.98 Å². The van der Waals surface area contributed by atoms with Crippen LogP contribution in [0.25, 0.3) is 0 Å². The van der Waals surface area contributed by atoms with E-state index in [1.807, 2.05) is 4.90 Å². The van der Waals surface area contributed by atoms with E-state index in [4.69, 9.17) is 4.74 Å². The Hall–Kier alpha value is -2.53. The van der Waals surface area contributed by atoms with Crippen molar-refractivity contribution in [2.75, 3.05) is 29.9 Å². The normalized spacial score (nSPS) is 13.4. The Kier molecular flexibility index (Phi) is 6.01. The summed E-state index contributed by atoms with van der Waals surface area (Å²) in [5.74, 6) is -1.35. The number of hydrogen-bond donors (Lipinski definition) is 1. The minimum atomic E-state index is -0.804. The van der Waals surface area contributed by atoms with Crippen LogP contribution in [0.1, 0.15) is 23.2 Å². The molecule has 1 aromatic carbocycles. The molecule has 0 bridgehead atoms. The number of aromatic nitrogens is 1. The average Bonchev–Trinajstić information content (AvgIpc) is 3.31. The first-order valence-corrected chi connectivity index (χ1v) is 9.66. The average molecular weight is 455 g/mol. The van der Waals surface area contributed by atoms with E-state index in [1.54, 1.807) is 6.07 Å². The van der Waals surface area contributed by atoms with Crippen LogP contribution < -0.4 is 10.2 Å². The molecule has 2 heterocycles. The van der Waals surface area contributed by atoms with Crippen molar-refractivity contribution in [3.63, 3.8) is 0 Å². The van der Waals surface area contributed by atoms with Crippen LogP contribution in [0.3, 0.4) is 0 Å². The van der Waals surface area contributed by atoms with Crippen LogP contribution in [0.15, 0.2) is 28.2 Å². The second-order valence-electron chi connectivity index (χ2n) is 5.75. The van der Waals surface area contributed by atoms with Gasteiger partial charge in [0, 0.05) is 19.2 Å². The molecule has 1 saturated heterocycles. The molecule has 0 aliphatic carbocycles. The molecule has 27 heavy (non-hydrogen) atoms. The summed E-state index contributed by atoms with van der Waals surface area (Å²) in [5, 5.41) is 14.2. The third kappa shape index (κ3) is 4.80. The molecule has 0 saturated carbocycles. The first kappa shape index (κ1) is 19.2. The molecule has 1 fully saturated rings. The monoisotopic (exact) mass is 454 g/mol. The van der Waals surface area contributed by atoms with E-state index in [2.05, 4.69) is 26.2 Å². The fraction of sp³-hybridized carbons (Fsp3) is 0.312. The molecule has 142 valence electrons. The number of halogens is 1. The van der Waals surface area contributed by atoms with Crippen LogP contribution in [0, 0.1) is 10.1 Å². The zero-order valence-corrected chi connectivity index (χ0v) is 16.4. The Morgan fingerprint density at radius 1 is 1.37 bits per heavy atom. The lowest BCUT2D eigenvalue weighted by atomic mass is 10.1. The Morgan fingerprint density at radius 2 is 2.11 bits per heavy atom. The highest BCUT2D eigenvalue weighted by molar-refractivity contribution is 9.11. The van der Waals surface area contributed by atoms with Crippen molar-refractivity contribution < 1.29 is 19.2 Å². The molecule has 0 atom stereocenters. The van der Waals surface area contributed by atoms with Gasteiger partial charge in [-0.3, -0.25) is 20.2 Å². The van der Waals surface area contributed by atoms with Crippen LogP contribution in [-0.4, -0.2) is 41.5 Å². The smallest absolute Gasteiger partial charge is 0.338 e. The van der Waals surface area contributed by atoms with Crippen LogP contribution in [0.5, 0.6) is 0 Å². The summed E-state index contributed by atoms with van der Waals surface area (Å²) in [7, 11) is 0. The number of nitrogens with one attached hydrogen (secondary N) is 1. The van der Waals surface area contributed by atoms with Gasteiger partial charge in [-0.05, 0) is 40.9 Å². The number of benzene rings is 1. The third-order valence-electron chi connectivity index (χ3n) is 3.91. The Balaban J connectivity index is 1.64. The van der Waals surface area contributed by atoms with Crippen molar-refractivity contribution in [2.24, 2.45) is 0 Å². The minimum absolute atomic E-state index is 0.0226. The number of anilines is 2. The highest BCUT2D eigenvalue weighted by Crippen LogP contribution is 2.31. The molecule has 11 heteroatoms. The van der Waals surface area contributed by atoms with Crippen molar-refractivity contribution in [3.8, 4) is 0 Å². The van der Waals surface area contributed by atoms with E-state index in [1.165, 1.54) is 29.7 Å². The SMILES string of the molecule is O=C(COC(=O)c1ccc(N2CCCC2)c([N+](=O)[O-])c1)Nc1ncc(Br)s1. The lowest BCUT2D eigenvalue weighted by Crippen LogP contribution is -2.21. The van der Waals surface area contributed by atoms with Crippen LogP contribution >= 0.6 is 27.3 Å². The fourth-order valence-corrected chi connectivity index (χ4v) is 3.83. The Bertz CT molecular complexity index is 881. The Labute approximate surface area is 166 Å². The summed E-state index contributed by atoms with van der Waals surface area (Å²) in [4.78, 5) is 40.7. The van der Waals surface area contributed by atoms with Gasteiger partial charge in [0.1, 0.15) is 5.69 Å². The number of amides is 1. The summed E-state index contributed by atoms with van der Waals surface area (Å²) in [6.45, 7) is 0.979. The maximum absolute atomic E-state index is 12.2. The number of rotatable bonds is 6. The zero-order valence-electron chi connectivity index (χ0n) is 14.0. The standard InChI is InChI=1S/C16H15BrN4O5S/c17-13-8-18-16(27-13)19-14(22)9-26-15(23)10-3-4-11(12(7-10)21(24)25)20-5-1-2-6-20/h3-4,7-8H,1-2,5-6,9H2,(H,18,19,22). The van der Waals surface area contributed by atoms with Crippen molar-refractivity contribution in [3.05, 3.63) is 43.9 Å². The van der Waals surface area contributed by atoms with Crippen molar-refractivity contribution >= 4 is 55.6 Å². The molecule has 1 N–H and O–H groups in total. The van der Waals surface area contributed by atoms with Crippen LogP contribution in [0.4, 0.5) is 16.5 Å². The summed E-state index contributed by atoms with van der Waals surface area (Å²) in [6, 6.07) is 4.21. The predicted octanol–water partition coefficient (Wildman–Crippen LogP) is 3.21. The molecule has 0 radical (unpaired) electrons. The predicted molar refractivity (Wildman–Crippen MR) is 103 cm³/mol. The first-order valence-electron chi connectivity index (χ1n) is 8.06. The van der Waals surface area contributed by atoms with E-state index >= 15 is 0 Å². The van der Waals surface area contributed by atoms with E-state index in [9.17, 15) is 19.7 Å². The highest BCUT2D eigenvalue weighted by Gasteiger charge is 2.24. The maximum Gasteiger partial charge on any atom is 0.338 e. The van der Waals surface area contributed by atoms with E-state index in [0.717, 1.165) is 29.7 Å². The van der Waals surface area contributed by atoms with Gasteiger partial charge in [-0.1, -0.05) is 11.3 Å². The van der Waals surface area contributed by atoms with E-state index in [-0.39, 0.29) is 11.3 Å². The largest absolute Gasteiger partial charge is 0.452 e. The summed E-state index contributed by atoms with van der Waals surface area (Å²) in [6.07, 6.45) is 3.49. The number of nitro groups is 1. The summed E-state index contributed by atoms with van der Waals surface area (Å²) < 4.78 is 5.70. The van der Waals surface area contributed by atoms with Gasteiger partial charge in [0.05, 0.1) is 20.5 Å². The number of thiazole rings is 1. The number of nitrogens with zero attached hydrogens (tertiary/aromatic N) is 3. The van der Waals surface area contributed by atoms with Crippen LogP contribution in [0.2, 0.25) is 0 Å². The van der Waals surface area contributed by atoms with E-state index < -0.39 is 23.4 Å². The lowest BCUT2D eigenvalue weighted by molar-refractivity contribution is -0.384. The number of carbonyl (C=O) groups is 2. The fourth-order valence-electron chi connectivity index (χ4n) is 2.70. The molecule has 0 unspecified atom stereocenters. The maximum atomic E-state index is 12.2. The van der Waals surface area contributed by atoms with Gasteiger partial charge in [0.2, 0.25) is 0 Å². The van der Waals surface area contributed by atoms with Gasteiger partial charge in [0.15, 0.2) is 11.7 Å². The molecular weight excluding hydrogens is 440 g/mol. The number of hydrogen-bond acceptors (Lipinski definition) is 8. The molecule has 2 aromatic rings. The lowest BCUT2D eigenvalue weighted by Gasteiger charge is -2.17. The molecule has 1 amide bonds. The Morgan fingerprint density at radius 3 is 2.74 bits per heavy atom. The van der Waals surface area contributed by atoms with Gasteiger partial charge in [0.25, 0.3) is 11.6 Å². The van der Waals surface area contributed by atoms with Crippen LogP contribution in [-0.2, 0) is 9.53 Å². The first-order chi connectivity index (χ1) is 12.9. The molecule has 1 aliphatic heterocycles.